The third-order valence-electron chi connectivity index (χ3n) is 3.89. The number of anilines is 1. The Balaban J connectivity index is 2.06. The molecule has 3 heteroatoms. The van der Waals surface area contributed by atoms with Crippen LogP contribution in [0.1, 0.15) is 24.0 Å². The molecule has 1 atom stereocenters. The molecular formula is C17H15BrN2. The molecule has 0 radical (unpaired) electrons. The Kier molecular flexibility index (Phi) is 3.50. The monoisotopic (exact) mass is 326 g/mol. The summed E-state index contributed by atoms with van der Waals surface area (Å²) in [6, 6.07) is 18.7. The second-order valence-electron chi connectivity index (χ2n) is 5.13. The fraction of sp³-hybridized carbons (Fsp3) is 0.235. The van der Waals surface area contributed by atoms with E-state index >= 15 is 0 Å². The molecule has 1 N–H and O–H groups in total. The topological polar surface area (TPSA) is 35.8 Å². The van der Waals surface area contributed by atoms with Crippen LogP contribution in [-0.4, -0.2) is 0 Å². The number of nitrogens with zero attached hydrogens (tertiary/aromatic N) is 1. The summed E-state index contributed by atoms with van der Waals surface area (Å²) in [5.41, 5.74) is 2.73. The van der Waals surface area contributed by atoms with Gasteiger partial charge in [0.05, 0.1) is 6.07 Å². The van der Waals surface area contributed by atoms with Crippen LogP contribution in [0.5, 0.6) is 0 Å². The molecule has 0 saturated carbocycles. The molecule has 0 heterocycles. The van der Waals surface area contributed by atoms with E-state index in [1.165, 1.54) is 5.56 Å². The Morgan fingerprint density at radius 3 is 2.65 bits per heavy atom. The maximum Gasteiger partial charge on any atom is 0.151 e. The summed E-state index contributed by atoms with van der Waals surface area (Å²) in [6.07, 6.45) is 2.92. The molecule has 2 nitrogen and oxygen atoms in total. The van der Waals surface area contributed by atoms with Gasteiger partial charge in [-0.15, -0.1) is 0 Å². The average molecular weight is 327 g/mol. The van der Waals surface area contributed by atoms with Crippen LogP contribution < -0.4 is 5.32 Å². The van der Waals surface area contributed by atoms with Crippen LogP contribution in [0.15, 0.2) is 53.0 Å². The second-order valence-corrected chi connectivity index (χ2v) is 5.99. The van der Waals surface area contributed by atoms with Gasteiger partial charge in [0.2, 0.25) is 0 Å². The Bertz CT molecular complexity index is 675. The zero-order valence-electron chi connectivity index (χ0n) is 11.1. The van der Waals surface area contributed by atoms with Crippen molar-refractivity contribution in [2.45, 2.75) is 24.8 Å². The smallest absolute Gasteiger partial charge is 0.151 e. The normalized spacial score (nSPS) is 20.8. The van der Waals surface area contributed by atoms with Crippen molar-refractivity contribution in [2.75, 3.05) is 5.32 Å². The number of rotatable bonds is 2. The Morgan fingerprint density at radius 1 is 1.10 bits per heavy atom. The summed E-state index contributed by atoms with van der Waals surface area (Å²) in [6.45, 7) is 0. The van der Waals surface area contributed by atoms with E-state index in [4.69, 9.17) is 0 Å². The third kappa shape index (κ3) is 2.21. The van der Waals surface area contributed by atoms with Crippen molar-refractivity contribution in [3.8, 4) is 6.07 Å². The lowest BCUT2D eigenvalue weighted by Gasteiger charge is -2.35. The minimum Gasteiger partial charge on any atom is -0.363 e. The Morgan fingerprint density at radius 2 is 1.85 bits per heavy atom. The van der Waals surface area contributed by atoms with Gasteiger partial charge in [-0.3, -0.25) is 0 Å². The lowest BCUT2D eigenvalue weighted by molar-refractivity contribution is 0.504. The molecule has 0 bridgehead atoms. The molecule has 0 aromatic heterocycles. The molecule has 3 rings (SSSR count). The molecule has 100 valence electrons. The fourth-order valence-electron chi connectivity index (χ4n) is 2.90. The van der Waals surface area contributed by atoms with Crippen LogP contribution in [-0.2, 0) is 12.0 Å². The van der Waals surface area contributed by atoms with E-state index in [0.29, 0.717) is 0 Å². The number of hydrogen-bond donors (Lipinski definition) is 1. The van der Waals surface area contributed by atoms with Gasteiger partial charge >= 0.3 is 0 Å². The van der Waals surface area contributed by atoms with Gasteiger partial charge in [0.1, 0.15) is 0 Å². The van der Waals surface area contributed by atoms with Gasteiger partial charge in [-0.1, -0.05) is 36.4 Å². The maximum absolute atomic E-state index is 9.81. The van der Waals surface area contributed by atoms with Gasteiger partial charge in [-0.2, -0.15) is 5.26 Å². The molecule has 0 spiro atoms. The second kappa shape index (κ2) is 5.30. The Labute approximate surface area is 127 Å². The number of fused-ring (bicyclic) bond motifs is 1. The quantitative estimate of drug-likeness (QED) is 0.874. The lowest BCUT2D eigenvalue weighted by atomic mass is 9.77. The van der Waals surface area contributed by atoms with Crippen LogP contribution in [0.4, 0.5) is 5.69 Å². The molecule has 1 unspecified atom stereocenters. The first-order valence-corrected chi connectivity index (χ1v) is 7.57. The van der Waals surface area contributed by atoms with E-state index in [2.05, 4.69) is 39.4 Å². The summed E-state index contributed by atoms with van der Waals surface area (Å²) in [4.78, 5) is 0. The minimum atomic E-state index is -0.626. The number of nitriles is 1. The van der Waals surface area contributed by atoms with Crippen LogP contribution in [0, 0.1) is 11.3 Å². The van der Waals surface area contributed by atoms with Crippen LogP contribution in [0.3, 0.4) is 0 Å². The van der Waals surface area contributed by atoms with Crippen molar-refractivity contribution in [2.24, 2.45) is 0 Å². The number of nitrogens with one attached hydrogen (secondary N) is 1. The minimum absolute atomic E-state index is 0.626. The lowest BCUT2D eigenvalue weighted by Crippen LogP contribution is -2.37. The summed E-state index contributed by atoms with van der Waals surface area (Å²) in [5, 5.41) is 13.3. The van der Waals surface area contributed by atoms with Gasteiger partial charge < -0.3 is 5.32 Å². The molecular weight excluding hydrogens is 312 g/mol. The first kappa shape index (κ1) is 13.2. The highest BCUT2D eigenvalue weighted by Crippen LogP contribution is 2.39. The highest BCUT2D eigenvalue weighted by molar-refractivity contribution is 9.10. The zero-order valence-corrected chi connectivity index (χ0v) is 12.7. The van der Waals surface area contributed by atoms with Crippen molar-refractivity contribution in [3.05, 3.63) is 64.1 Å². The van der Waals surface area contributed by atoms with Crippen molar-refractivity contribution in [1.82, 2.24) is 0 Å². The Hall–Kier alpha value is -1.79. The summed E-state index contributed by atoms with van der Waals surface area (Å²) >= 11 is 3.54. The maximum atomic E-state index is 9.81. The first-order chi connectivity index (χ1) is 9.75. The molecule has 0 fully saturated rings. The van der Waals surface area contributed by atoms with Crippen molar-refractivity contribution >= 4 is 21.6 Å². The standard InChI is InChI=1S/C17H15BrN2/c18-15-9-3-4-10-16(15)20-17(12-19)11-5-7-13-6-1-2-8-14(13)17/h1-4,6,8-10,20H,5,7,11H2. The van der Waals surface area contributed by atoms with Gasteiger partial charge in [0.15, 0.2) is 5.54 Å². The fourth-order valence-corrected chi connectivity index (χ4v) is 3.28. The molecule has 2 aromatic rings. The average Bonchev–Trinajstić information content (AvgIpc) is 2.50. The highest BCUT2D eigenvalue weighted by Gasteiger charge is 2.36. The van der Waals surface area contributed by atoms with Gasteiger partial charge in [-0.05, 0) is 58.5 Å². The van der Waals surface area contributed by atoms with Crippen LogP contribution in [0.2, 0.25) is 0 Å². The van der Waals surface area contributed by atoms with Gasteiger partial charge in [0, 0.05) is 10.2 Å². The summed E-state index contributed by atoms with van der Waals surface area (Å²) in [7, 11) is 0. The number of aryl methyl sites for hydroxylation is 1. The highest BCUT2D eigenvalue weighted by atomic mass is 79.9. The number of para-hydroxylation sites is 1. The third-order valence-corrected chi connectivity index (χ3v) is 4.58. The molecule has 1 aliphatic rings. The first-order valence-electron chi connectivity index (χ1n) is 6.77. The predicted molar refractivity (Wildman–Crippen MR) is 84.4 cm³/mol. The number of hydrogen-bond acceptors (Lipinski definition) is 2. The SMILES string of the molecule is N#CC1(Nc2ccccc2Br)CCCc2ccccc21. The number of halogens is 1. The molecule has 2 aromatic carbocycles. The van der Waals surface area contributed by atoms with E-state index in [-0.39, 0.29) is 0 Å². The zero-order chi connectivity index (χ0) is 14.0. The van der Waals surface area contributed by atoms with Crippen molar-refractivity contribution in [1.29, 1.82) is 5.26 Å². The van der Waals surface area contributed by atoms with Crippen molar-refractivity contribution in [3.63, 3.8) is 0 Å². The van der Waals surface area contributed by atoms with E-state index in [0.717, 1.165) is 35.0 Å². The van der Waals surface area contributed by atoms with E-state index in [9.17, 15) is 5.26 Å². The van der Waals surface area contributed by atoms with Gasteiger partial charge in [0.25, 0.3) is 0 Å². The molecule has 0 saturated heterocycles. The molecule has 20 heavy (non-hydrogen) atoms. The van der Waals surface area contributed by atoms with Gasteiger partial charge in [-0.25, -0.2) is 0 Å². The van der Waals surface area contributed by atoms with Crippen LogP contribution in [0.25, 0.3) is 0 Å². The van der Waals surface area contributed by atoms with Crippen LogP contribution >= 0.6 is 15.9 Å². The molecule has 1 aliphatic carbocycles. The van der Waals surface area contributed by atoms with Crippen molar-refractivity contribution < 1.29 is 0 Å². The summed E-state index contributed by atoms with van der Waals surface area (Å²) in [5.74, 6) is 0. The van der Waals surface area contributed by atoms with E-state index in [1.54, 1.807) is 0 Å². The molecule has 0 amide bonds. The van der Waals surface area contributed by atoms with E-state index < -0.39 is 5.54 Å². The predicted octanol–water partition coefficient (Wildman–Crippen LogP) is 4.62. The largest absolute Gasteiger partial charge is 0.363 e. The molecule has 0 aliphatic heterocycles. The van der Waals surface area contributed by atoms with E-state index in [1.807, 2.05) is 36.4 Å². The number of benzene rings is 2. The summed E-state index contributed by atoms with van der Waals surface area (Å²) < 4.78 is 0.984.